The quantitative estimate of drug-likeness (QED) is 0.573. The molecule has 1 aliphatic carbocycles. The van der Waals surface area contributed by atoms with Gasteiger partial charge in [-0.15, -0.1) is 0 Å². The van der Waals surface area contributed by atoms with Crippen LogP contribution in [-0.2, 0) is 4.79 Å². The summed E-state index contributed by atoms with van der Waals surface area (Å²) >= 11 is 0. The molecule has 1 aliphatic rings. The lowest BCUT2D eigenvalue weighted by Gasteiger charge is -2.14. The SMILES string of the molecule is N#CCN(CC#N)C(=O)C1CC1N. The largest absolute Gasteiger partial charge is 0.327 e. The van der Waals surface area contributed by atoms with Crippen LogP contribution in [0, 0.1) is 28.6 Å². The molecule has 68 valence electrons. The van der Waals surface area contributed by atoms with E-state index in [4.69, 9.17) is 16.3 Å². The lowest BCUT2D eigenvalue weighted by Crippen LogP contribution is -2.34. The van der Waals surface area contributed by atoms with Gasteiger partial charge >= 0.3 is 0 Å². The monoisotopic (exact) mass is 178 g/mol. The van der Waals surface area contributed by atoms with Gasteiger partial charge in [-0.3, -0.25) is 4.79 Å². The van der Waals surface area contributed by atoms with E-state index in [-0.39, 0.29) is 31.0 Å². The molecule has 0 saturated heterocycles. The van der Waals surface area contributed by atoms with Gasteiger partial charge in [0, 0.05) is 6.04 Å². The van der Waals surface area contributed by atoms with Crippen molar-refractivity contribution in [3.8, 4) is 12.1 Å². The van der Waals surface area contributed by atoms with E-state index in [9.17, 15) is 4.79 Å². The topological polar surface area (TPSA) is 93.9 Å². The Labute approximate surface area is 76.3 Å². The van der Waals surface area contributed by atoms with Crippen LogP contribution < -0.4 is 5.73 Å². The first-order valence-electron chi connectivity index (χ1n) is 3.99. The van der Waals surface area contributed by atoms with Crippen molar-refractivity contribution in [2.75, 3.05) is 13.1 Å². The molecule has 2 unspecified atom stereocenters. The highest BCUT2D eigenvalue weighted by atomic mass is 16.2. The summed E-state index contributed by atoms with van der Waals surface area (Å²) in [5.74, 6) is -0.336. The van der Waals surface area contributed by atoms with Crippen molar-refractivity contribution in [1.29, 1.82) is 10.5 Å². The molecule has 5 heteroatoms. The minimum atomic E-state index is -0.171. The van der Waals surface area contributed by atoms with E-state index >= 15 is 0 Å². The second kappa shape index (κ2) is 3.88. The standard InChI is InChI=1S/C8H10N4O/c9-1-3-12(4-2-10)8(13)6-5-7(6)11/h6-7H,3-5,11H2. The van der Waals surface area contributed by atoms with Gasteiger partial charge in [0.2, 0.25) is 5.91 Å². The number of nitrogens with zero attached hydrogens (tertiary/aromatic N) is 3. The summed E-state index contributed by atoms with van der Waals surface area (Å²) in [5, 5.41) is 16.8. The summed E-state index contributed by atoms with van der Waals surface area (Å²) in [6.07, 6.45) is 0.673. The van der Waals surface area contributed by atoms with Gasteiger partial charge in [-0.2, -0.15) is 10.5 Å². The summed E-state index contributed by atoms with van der Waals surface area (Å²) in [7, 11) is 0. The van der Waals surface area contributed by atoms with Crippen molar-refractivity contribution in [2.24, 2.45) is 11.7 Å². The Hall–Kier alpha value is -1.59. The molecule has 0 aliphatic heterocycles. The van der Waals surface area contributed by atoms with Crippen LogP contribution in [0.4, 0.5) is 0 Å². The van der Waals surface area contributed by atoms with Crippen molar-refractivity contribution in [2.45, 2.75) is 12.5 Å². The smallest absolute Gasteiger partial charge is 0.229 e. The molecule has 0 spiro atoms. The van der Waals surface area contributed by atoms with Crippen molar-refractivity contribution in [1.82, 2.24) is 4.90 Å². The zero-order valence-electron chi connectivity index (χ0n) is 7.10. The maximum atomic E-state index is 11.4. The van der Waals surface area contributed by atoms with Crippen LogP contribution in [0.25, 0.3) is 0 Å². The van der Waals surface area contributed by atoms with Crippen LogP contribution in [-0.4, -0.2) is 29.9 Å². The maximum absolute atomic E-state index is 11.4. The molecule has 0 radical (unpaired) electrons. The first-order valence-corrected chi connectivity index (χ1v) is 3.99. The highest BCUT2D eigenvalue weighted by Gasteiger charge is 2.42. The van der Waals surface area contributed by atoms with E-state index in [1.807, 2.05) is 12.1 Å². The van der Waals surface area contributed by atoms with E-state index in [1.54, 1.807) is 0 Å². The third-order valence-corrected chi connectivity index (χ3v) is 1.99. The van der Waals surface area contributed by atoms with Gasteiger partial charge < -0.3 is 10.6 Å². The summed E-state index contributed by atoms with van der Waals surface area (Å²) in [6, 6.07) is 3.61. The van der Waals surface area contributed by atoms with Gasteiger partial charge in [0.15, 0.2) is 0 Å². The molecule has 1 amide bonds. The summed E-state index contributed by atoms with van der Waals surface area (Å²) in [4.78, 5) is 12.7. The number of hydrogen-bond donors (Lipinski definition) is 1. The molecule has 0 heterocycles. The van der Waals surface area contributed by atoms with E-state index in [2.05, 4.69) is 0 Å². The number of carbonyl (C=O) groups excluding carboxylic acids is 1. The molecule has 0 aromatic carbocycles. The van der Waals surface area contributed by atoms with Crippen molar-refractivity contribution < 1.29 is 4.79 Å². The minimum absolute atomic E-state index is 0.0321. The molecule has 0 aromatic heterocycles. The highest BCUT2D eigenvalue weighted by Crippen LogP contribution is 2.29. The summed E-state index contributed by atoms with van der Waals surface area (Å²) in [5.41, 5.74) is 5.48. The van der Waals surface area contributed by atoms with Gasteiger partial charge in [-0.05, 0) is 6.42 Å². The van der Waals surface area contributed by atoms with Gasteiger partial charge in [0.05, 0.1) is 18.1 Å². The molecule has 1 rings (SSSR count). The molecule has 2 atom stereocenters. The molecule has 0 aromatic rings. The van der Waals surface area contributed by atoms with Crippen LogP contribution in [0.1, 0.15) is 6.42 Å². The molecule has 5 nitrogen and oxygen atoms in total. The predicted molar refractivity (Wildman–Crippen MR) is 43.9 cm³/mol. The lowest BCUT2D eigenvalue weighted by atomic mass is 10.3. The van der Waals surface area contributed by atoms with Crippen LogP contribution in [0.3, 0.4) is 0 Å². The summed E-state index contributed by atoms with van der Waals surface area (Å²) < 4.78 is 0. The van der Waals surface area contributed by atoms with E-state index < -0.39 is 0 Å². The predicted octanol–water partition coefficient (Wildman–Crippen LogP) is -0.791. The normalized spacial score (nSPS) is 24.2. The van der Waals surface area contributed by atoms with E-state index in [0.29, 0.717) is 6.42 Å². The molecule has 2 N–H and O–H groups in total. The van der Waals surface area contributed by atoms with Gasteiger partial charge in [-0.25, -0.2) is 0 Å². The third kappa shape index (κ3) is 2.17. The molecule has 1 saturated carbocycles. The second-order valence-corrected chi connectivity index (χ2v) is 3.02. The maximum Gasteiger partial charge on any atom is 0.229 e. The zero-order chi connectivity index (χ0) is 9.84. The van der Waals surface area contributed by atoms with Gasteiger partial charge in [-0.1, -0.05) is 0 Å². The van der Waals surface area contributed by atoms with Crippen LogP contribution >= 0.6 is 0 Å². The Bertz CT molecular complexity index is 271. The fraction of sp³-hybridized carbons (Fsp3) is 0.625. The first kappa shape index (κ1) is 9.50. The Morgan fingerprint density at radius 3 is 2.23 bits per heavy atom. The molecule has 0 bridgehead atoms. The number of nitriles is 2. The Kier molecular flexibility index (Phi) is 2.84. The van der Waals surface area contributed by atoms with Crippen LogP contribution in [0.15, 0.2) is 0 Å². The second-order valence-electron chi connectivity index (χ2n) is 3.02. The Balaban J connectivity index is 2.50. The molecule has 1 fully saturated rings. The average Bonchev–Trinajstić information content (AvgIpc) is 2.81. The third-order valence-electron chi connectivity index (χ3n) is 1.99. The lowest BCUT2D eigenvalue weighted by molar-refractivity contribution is -0.131. The number of hydrogen-bond acceptors (Lipinski definition) is 4. The fourth-order valence-electron chi connectivity index (χ4n) is 1.12. The fourth-order valence-corrected chi connectivity index (χ4v) is 1.12. The summed E-state index contributed by atoms with van der Waals surface area (Å²) in [6.45, 7) is -0.0643. The Morgan fingerprint density at radius 2 is 1.92 bits per heavy atom. The number of carbonyl (C=O) groups is 1. The van der Waals surface area contributed by atoms with Crippen molar-refractivity contribution >= 4 is 5.91 Å². The highest BCUT2D eigenvalue weighted by molar-refractivity contribution is 5.82. The number of amides is 1. The van der Waals surface area contributed by atoms with Crippen LogP contribution in [0.2, 0.25) is 0 Å². The van der Waals surface area contributed by atoms with Crippen molar-refractivity contribution in [3.05, 3.63) is 0 Å². The molecular formula is C8H10N4O. The molecular weight excluding hydrogens is 168 g/mol. The molecule has 13 heavy (non-hydrogen) atoms. The van der Waals surface area contributed by atoms with E-state index in [0.717, 1.165) is 0 Å². The average molecular weight is 178 g/mol. The van der Waals surface area contributed by atoms with Gasteiger partial charge in [0.25, 0.3) is 0 Å². The number of nitrogens with two attached hydrogens (primary N) is 1. The van der Waals surface area contributed by atoms with Crippen LogP contribution in [0.5, 0.6) is 0 Å². The van der Waals surface area contributed by atoms with Gasteiger partial charge in [0.1, 0.15) is 13.1 Å². The number of rotatable bonds is 3. The Morgan fingerprint density at radius 1 is 1.46 bits per heavy atom. The van der Waals surface area contributed by atoms with Crippen molar-refractivity contribution in [3.63, 3.8) is 0 Å². The van der Waals surface area contributed by atoms with E-state index in [1.165, 1.54) is 4.90 Å². The minimum Gasteiger partial charge on any atom is -0.327 e. The zero-order valence-corrected chi connectivity index (χ0v) is 7.10. The first-order chi connectivity index (χ1) is 6.20.